The van der Waals surface area contributed by atoms with E-state index in [2.05, 4.69) is 27.3 Å². The SMILES string of the molecule is CNCC(O)CSc1ccc(Br)s1. The van der Waals surface area contributed by atoms with Gasteiger partial charge in [-0.05, 0) is 35.1 Å². The van der Waals surface area contributed by atoms with Crippen molar-refractivity contribution in [1.29, 1.82) is 0 Å². The van der Waals surface area contributed by atoms with Crippen LogP contribution in [0.1, 0.15) is 0 Å². The molecule has 1 unspecified atom stereocenters. The summed E-state index contributed by atoms with van der Waals surface area (Å²) in [5.41, 5.74) is 0. The van der Waals surface area contributed by atoms with Gasteiger partial charge in [0.15, 0.2) is 0 Å². The maximum Gasteiger partial charge on any atom is 0.0758 e. The van der Waals surface area contributed by atoms with Crippen LogP contribution < -0.4 is 5.32 Å². The van der Waals surface area contributed by atoms with Crippen molar-refractivity contribution in [2.75, 3.05) is 19.3 Å². The van der Waals surface area contributed by atoms with Gasteiger partial charge in [-0.25, -0.2) is 0 Å². The summed E-state index contributed by atoms with van der Waals surface area (Å²) >= 11 is 6.78. The molecule has 0 aliphatic heterocycles. The lowest BCUT2D eigenvalue weighted by molar-refractivity contribution is 0.199. The Hall–Kier alpha value is 0.450. The predicted molar refractivity (Wildman–Crippen MR) is 62.7 cm³/mol. The quantitative estimate of drug-likeness (QED) is 0.812. The van der Waals surface area contributed by atoms with E-state index in [1.165, 1.54) is 4.21 Å². The zero-order valence-electron chi connectivity index (χ0n) is 7.29. The molecule has 1 aromatic heterocycles. The topological polar surface area (TPSA) is 32.3 Å². The van der Waals surface area contributed by atoms with E-state index >= 15 is 0 Å². The zero-order chi connectivity index (χ0) is 9.68. The molecule has 0 bridgehead atoms. The van der Waals surface area contributed by atoms with Crippen LogP contribution in [0.5, 0.6) is 0 Å². The Balaban J connectivity index is 2.26. The lowest BCUT2D eigenvalue weighted by atomic mass is 10.4. The first-order chi connectivity index (χ1) is 6.22. The Morgan fingerprint density at radius 2 is 2.46 bits per heavy atom. The Kier molecular flexibility index (Phi) is 5.35. The highest BCUT2D eigenvalue weighted by Gasteiger charge is 2.04. The van der Waals surface area contributed by atoms with Crippen LogP contribution in [-0.2, 0) is 0 Å². The predicted octanol–water partition coefficient (Wildman–Crippen LogP) is 2.18. The van der Waals surface area contributed by atoms with Gasteiger partial charge in [-0.15, -0.1) is 23.1 Å². The molecule has 0 aliphatic carbocycles. The van der Waals surface area contributed by atoms with Crippen molar-refractivity contribution in [1.82, 2.24) is 5.32 Å². The van der Waals surface area contributed by atoms with Gasteiger partial charge in [-0.2, -0.15) is 0 Å². The highest BCUT2D eigenvalue weighted by atomic mass is 79.9. The first kappa shape index (κ1) is 11.5. The maximum absolute atomic E-state index is 9.43. The van der Waals surface area contributed by atoms with Gasteiger partial charge < -0.3 is 10.4 Å². The van der Waals surface area contributed by atoms with Crippen molar-refractivity contribution in [2.24, 2.45) is 0 Å². The summed E-state index contributed by atoms with van der Waals surface area (Å²) < 4.78 is 2.38. The van der Waals surface area contributed by atoms with Crippen LogP contribution >= 0.6 is 39.0 Å². The standard InChI is InChI=1S/C8H12BrNOS2/c1-10-4-6(11)5-12-8-3-2-7(9)13-8/h2-3,6,10-11H,4-5H2,1H3. The molecule has 0 fully saturated rings. The van der Waals surface area contributed by atoms with Crippen molar-refractivity contribution in [3.8, 4) is 0 Å². The van der Waals surface area contributed by atoms with E-state index in [9.17, 15) is 5.11 Å². The van der Waals surface area contributed by atoms with Gasteiger partial charge in [0.2, 0.25) is 0 Å². The second-order valence-corrected chi connectivity index (χ2v) is 6.36. The number of thiophene rings is 1. The van der Waals surface area contributed by atoms with E-state index in [1.54, 1.807) is 23.1 Å². The number of rotatable bonds is 5. The van der Waals surface area contributed by atoms with E-state index < -0.39 is 0 Å². The molecule has 74 valence electrons. The van der Waals surface area contributed by atoms with Gasteiger partial charge >= 0.3 is 0 Å². The van der Waals surface area contributed by atoms with E-state index in [0.29, 0.717) is 6.54 Å². The Morgan fingerprint density at radius 1 is 1.69 bits per heavy atom. The number of hydrogen-bond donors (Lipinski definition) is 2. The third-order valence-corrected chi connectivity index (χ3v) is 4.40. The van der Waals surface area contributed by atoms with Gasteiger partial charge in [0.25, 0.3) is 0 Å². The highest BCUT2D eigenvalue weighted by molar-refractivity contribution is 9.11. The molecule has 0 saturated heterocycles. The minimum atomic E-state index is -0.268. The lowest BCUT2D eigenvalue weighted by Gasteiger charge is -2.07. The summed E-state index contributed by atoms with van der Waals surface area (Å²) in [5, 5.41) is 12.4. The lowest BCUT2D eigenvalue weighted by Crippen LogP contribution is -2.25. The fraction of sp³-hybridized carbons (Fsp3) is 0.500. The largest absolute Gasteiger partial charge is 0.391 e. The molecule has 1 rings (SSSR count). The molecule has 2 N–H and O–H groups in total. The minimum Gasteiger partial charge on any atom is -0.391 e. The number of aliphatic hydroxyl groups is 1. The number of halogens is 1. The molecule has 1 aromatic rings. The van der Waals surface area contributed by atoms with Crippen molar-refractivity contribution >= 4 is 39.0 Å². The van der Waals surface area contributed by atoms with E-state index in [0.717, 1.165) is 9.54 Å². The second kappa shape index (κ2) is 6.03. The number of likely N-dealkylation sites (N-methyl/N-ethyl adjacent to an activating group) is 1. The average molecular weight is 282 g/mol. The fourth-order valence-corrected chi connectivity index (χ4v) is 3.64. The Bertz CT molecular complexity index is 254. The Labute approximate surface area is 94.9 Å². The van der Waals surface area contributed by atoms with E-state index in [-0.39, 0.29) is 6.10 Å². The van der Waals surface area contributed by atoms with Crippen LogP contribution in [0.3, 0.4) is 0 Å². The van der Waals surface area contributed by atoms with Crippen LogP contribution in [0, 0.1) is 0 Å². The smallest absolute Gasteiger partial charge is 0.0758 e. The molecule has 0 aromatic carbocycles. The summed E-state index contributed by atoms with van der Waals surface area (Å²) in [6.45, 7) is 0.652. The first-order valence-electron chi connectivity index (χ1n) is 3.93. The number of hydrogen-bond acceptors (Lipinski definition) is 4. The van der Waals surface area contributed by atoms with E-state index in [4.69, 9.17) is 0 Å². The monoisotopic (exact) mass is 281 g/mol. The fourth-order valence-electron chi connectivity index (χ4n) is 0.848. The number of nitrogens with one attached hydrogen (secondary N) is 1. The molecular weight excluding hydrogens is 270 g/mol. The molecule has 2 nitrogen and oxygen atoms in total. The molecule has 0 radical (unpaired) electrons. The normalized spacial score (nSPS) is 13.2. The average Bonchev–Trinajstić information content (AvgIpc) is 2.49. The van der Waals surface area contributed by atoms with E-state index in [1.807, 2.05) is 13.1 Å². The minimum absolute atomic E-state index is 0.268. The molecule has 1 atom stereocenters. The van der Waals surface area contributed by atoms with Gasteiger partial charge in [0, 0.05) is 12.3 Å². The highest BCUT2D eigenvalue weighted by Crippen LogP contribution is 2.30. The summed E-state index contributed by atoms with van der Waals surface area (Å²) in [6.07, 6.45) is -0.268. The van der Waals surface area contributed by atoms with Gasteiger partial charge in [-0.1, -0.05) is 0 Å². The van der Waals surface area contributed by atoms with Crippen LogP contribution in [0.4, 0.5) is 0 Å². The molecule has 5 heteroatoms. The van der Waals surface area contributed by atoms with Crippen LogP contribution in [0.15, 0.2) is 20.1 Å². The molecule has 0 aliphatic rings. The molecule has 1 heterocycles. The third-order valence-electron chi connectivity index (χ3n) is 1.41. The third kappa shape index (κ3) is 4.46. The molecular formula is C8H12BrNOS2. The van der Waals surface area contributed by atoms with Crippen molar-refractivity contribution in [2.45, 2.75) is 10.3 Å². The second-order valence-electron chi connectivity index (χ2n) is 2.58. The van der Waals surface area contributed by atoms with Crippen molar-refractivity contribution < 1.29 is 5.11 Å². The summed E-state index contributed by atoms with van der Waals surface area (Å²) in [7, 11) is 1.84. The molecule has 13 heavy (non-hydrogen) atoms. The molecule has 0 spiro atoms. The molecule has 0 amide bonds. The summed E-state index contributed by atoms with van der Waals surface area (Å²) in [4.78, 5) is 0. The van der Waals surface area contributed by atoms with Gasteiger partial charge in [0.1, 0.15) is 0 Å². The zero-order valence-corrected chi connectivity index (χ0v) is 10.5. The number of aliphatic hydroxyl groups excluding tert-OH is 1. The van der Waals surface area contributed by atoms with Crippen LogP contribution in [0.25, 0.3) is 0 Å². The summed E-state index contributed by atoms with van der Waals surface area (Å²) in [6, 6.07) is 4.09. The summed E-state index contributed by atoms with van der Waals surface area (Å²) in [5.74, 6) is 0.744. The Morgan fingerprint density at radius 3 is 3.00 bits per heavy atom. The van der Waals surface area contributed by atoms with Crippen LogP contribution in [-0.4, -0.2) is 30.6 Å². The van der Waals surface area contributed by atoms with Crippen LogP contribution in [0.2, 0.25) is 0 Å². The van der Waals surface area contributed by atoms with Crippen molar-refractivity contribution in [3.63, 3.8) is 0 Å². The van der Waals surface area contributed by atoms with Gasteiger partial charge in [0.05, 0.1) is 14.1 Å². The maximum atomic E-state index is 9.43. The molecule has 0 saturated carbocycles. The first-order valence-corrected chi connectivity index (χ1v) is 6.52. The number of thioether (sulfide) groups is 1. The van der Waals surface area contributed by atoms with Gasteiger partial charge in [-0.3, -0.25) is 0 Å². The van der Waals surface area contributed by atoms with Crippen molar-refractivity contribution in [3.05, 3.63) is 15.9 Å².